The lowest BCUT2D eigenvalue weighted by Crippen LogP contribution is -2.36. The number of ketones is 1. The summed E-state index contributed by atoms with van der Waals surface area (Å²) in [5.41, 5.74) is 4.36. The third-order valence-electron chi connectivity index (χ3n) is 4.17. The van der Waals surface area contributed by atoms with Gasteiger partial charge in [-0.1, -0.05) is 12.1 Å². The summed E-state index contributed by atoms with van der Waals surface area (Å²) in [4.78, 5) is 25.5. The van der Waals surface area contributed by atoms with E-state index in [2.05, 4.69) is 0 Å². The number of benzene rings is 1. The maximum absolute atomic E-state index is 12.2. The number of rotatable bonds is 5. The van der Waals surface area contributed by atoms with Crippen molar-refractivity contribution in [1.82, 2.24) is 0 Å². The molecular formula is C20H21N2O3+. The van der Waals surface area contributed by atoms with E-state index >= 15 is 0 Å². The number of anilines is 1. The van der Waals surface area contributed by atoms with E-state index in [-0.39, 0.29) is 18.4 Å². The van der Waals surface area contributed by atoms with E-state index in [9.17, 15) is 9.59 Å². The number of pyridine rings is 1. The minimum Gasteiger partial charge on any atom is -0.457 e. The molecule has 128 valence electrons. The van der Waals surface area contributed by atoms with E-state index in [0.717, 1.165) is 22.4 Å². The molecule has 0 radical (unpaired) electrons. The van der Waals surface area contributed by atoms with Gasteiger partial charge in [-0.3, -0.25) is 4.79 Å². The third-order valence-corrected chi connectivity index (χ3v) is 4.17. The zero-order valence-corrected chi connectivity index (χ0v) is 14.7. The first-order chi connectivity index (χ1) is 12.0. The molecule has 5 nitrogen and oxygen atoms in total. The Bertz CT molecular complexity index is 834. The number of hydrogen-bond acceptors (Lipinski definition) is 4. The normalized spacial score (nSPS) is 13.8. The zero-order valence-electron chi connectivity index (χ0n) is 14.7. The van der Waals surface area contributed by atoms with Crippen molar-refractivity contribution in [3.05, 3.63) is 59.9 Å². The lowest BCUT2D eigenvalue weighted by Gasteiger charge is -2.13. The minimum absolute atomic E-state index is 0.0823. The molecule has 2 heterocycles. The van der Waals surface area contributed by atoms with Gasteiger partial charge in [0.2, 0.25) is 6.54 Å². The standard InChI is InChI=1S/C20H21N2O3/c1-14(23)12-22-10-8-16(9-11-22)19-18(13-25-20(19)24)15-4-6-17(7-5-15)21(2)3/h4-11H,12-13H2,1-3H3/q+1. The largest absolute Gasteiger partial charge is 0.457 e. The molecule has 1 aromatic carbocycles. The number of Topliss-reactive ketones (excluding diaryl/α,β-unsaturated/α-hetero) is 1. The Balaban J connectivity index is 1.97. The average molecular weight is 337 g/mol. The Morgan fingerprint density at radius 1 is 1.08 bits per heavy atom. The molecule has 3 rings (SSSR count). The van der Waals surface area contributed by atoms with Crippen LogP contribution in [-0.2, 0) is 20.9 Å². The molecule has 1 aromatic heterocycles. The van der Waals surface area contributed by atoms with Gasteiger partial charge in [-0.2, -0.15) is 4.57 Å². The Kier molecular flexibility index (Phi) is 4.65. The fourth-order valence-electron chi connectivity index (χ4n) is 2.87. The van der Waals surface area contributed by atoms with E-state index < -0.39 is 0 Å². The van der Waals surface area contributed by atoms with Crippen LogP contribution in [0, 0.1) is 0 Å². The molecule has 1 aliphatic heterocycles. The molecule has 0 N–H and O–H groups in total. The monoisotopic (exact) mass is 337 g/mol. The van der Waals surface area contributed by atoms with Crippen LogP contribution in [0.15, 0.2) is 48.8 Å². The number of aromatic nitrogens is 1. The summed E-state index contributed by atoms with van der Waals surface area (Å²) in [7, 11) is 3.98. The first-order valence-corrected chi connectivity index (χ1v) is 8.12. The van der Waals surface area contributed by atoms with Crippen LogP contribution < -0.4 is 9.47 Å². The van der Waals surface area contributed by atoms with Gasteiger partial charge >= 0.3 is 5.97 Å². The second kappa shape index (κ2) is 6.89. The highest BCUT2D eigenvalue weighted by atomic mass is 16.5. The molecule has 25 heavy (non-hydrogen) atoms. The highest BCUT2D eigenvalue weighted by molar-refractivity contribution is 6.27. The highest BCUT2D eigenvalue weighted by Crippen LogP contribution is 2.33. The van der Waals surface area contributed by atoms with Crippen LogP contribution in [0.25, 0.3) is 11.1 Å². The first-order valence-electron chi connectivity index (χ1n) is 8.12. The van der Waals surface area contributed by atoms with Crippen LogP contribution in [0.2, 0.25) is 0 Å². The maximum atomic E-state index is 12.2. The van der Waals surface area contributed by atoms with Gasteiger partial charge in [-0.25, -0.2) is 4.79 Å². The molecule has 2 aromatic rings. The van der Waals surface area contributed by atoms with E-state index in [1.165, 1.54) is 0 Å². The van der Waals surface area contributed by atoms with Gasteiger partial charge in [-0.05, 0) is 17.7 Å². The Morgan fingerprint density at radius 3 is 2.28 bits per heavy atom. The molecule has 0 unspecified atom stereocenters. The molecule has 0 aliphatic carbocycles. The van der Waals surface area contributed by atoms with E-state index in [1.807, 2.05) is 67.8 Å². The molecule has 0 fully saturated rings. The smallest absolute Gasteiger partial charge is 0.339 e. The van der Waals surface area contributed by atoms with Crippen LogP contribution in [0.1, 0.15) is 18.1 Å². The second-order valence-corrected chi connectivity index (χ2v) is 6.33. The molecule has 5 heteroatoms. The second-order valence-electron chi connectivity index (χ2n) is 6.33. The summed E-state index contributed by atoms with van der Waals surface area (Å²) in [6, 6.07) is 11.7. The molecule has 1 aliphatic rings. The van der Waals surface area contributed by atoms with Gasteiger partial charge in [0.15, 0.2) is 18.2 Å². The van der Waals surface area contributed by atoms with Crippen LogP contribution in [-0.4, -0.2) is 32.5 Å². The number of carbonyl (C=O) groups is 2. The highest BCUT2D eigenvalue weighted by Gasteiger charge is 2.27. The number of esters is 1. The van der Waals surface area contributed by atoms with Crippen molar-refractivity contribution in [3.8, 4) is 0 Å². The van der Waals surface area contributed by atoms with E-state index in [4.69, 9.17) is 4.74 Å². The quantitative estimate of drug-likeness (QED) is 0.619. The third kappa shape index (κ3) is 3.60. The zero-order chi connectivity index (χ0) is 18.0. The maximum Gasteiger partial charge on any atom is 0.339 e. The fraction of sp³-hybridized carbons (Fsp3) is 0.250. The molecule has 0 atom stereocenters. The summed E-state index contributed by atoms with van der Waals surface area (Å²) in [5.74, 6) is -0.227. The predicted octanol–water partition coefficient (Wildman–Crippen LogP) is 2.10. The van der Waals surface area contributed by atoms with Crippen molar-refractivity contribution in [2.45, 2.75) is 13.5 Å². The van der Waals surface area contributed by atoms with Crippen molar-refractivity contribution in [2.75, 3.05) is 25.6 Å². The minimum atomic E-state index is -0.309. The van der Waals surface area contributed by atoms with Crippen molar-refractivity contribution in [2.24, 2.45) is 0 Å². The predicted molar refractivity (Wildman–Crippen MR) is 95.9 cm³/mol. The lowest BCUT2D eigenvalue weighted by molar-refractivity contribution is -0.684. The van der Waals surface area contributed by atoms with Crippen molar-refractivity contribution < 1.29 is 18.9 Å². The van der Waals surface area contributed by atoms with Gasteiger partial charge < -0.3 is 9.64 Å². The molecular weight excluding hydrogens is 316 g/mol. The summed E-state index contributed by atoms with van der Waals surface area (Å²) in [6.07, 6.45) is 3.62. The Labute approximate surface area is 147 Å². The summed E-state index contributed by atoms with van der Waals surface area (Å²) < 4.78 is 7.06. The summed E-state index contributed by atoms with van der Waals surface area (Å²) >= 11 is 0. The number of cyclic esters (lactones) is 1. The van der Waals surface area contributed by atoms with Gasteiger partial charge in [-0.15, -0.1) is 0 Å². The average Bonchev–Trinajstić information content (AvgIpc) is 2.97. The van der Waals surface area contributed by atoms with Crippen LogP contribution in [0.4, 0.5) is 5.69 Å². The van der Waals surface area contributed by atoms with Crippen LogP contribution in [0.3, 0.4) is 0 Å². The molecule has 0 spiro atoms. The number of carbonyl (C=O) groups excluding carboxylic acids is 2. The van der Waals surface area contributed by atoms with Crippen molar-refractivity contribution in [1.29, 1.82) is 0 Å². The molecule has 0 bridgehead atoms. The van der Waals surface area contributed by atoms with Crippen molar-refractivity contribution in [3.63, 3.8) is 0 Å². The van der Waals surface area contributed by atoms with Crippen LogP contribution in [0.5, 0.6) is 0 Å². The van der Waals surface area contributed by atoms with Gasteiger partial charge in [0, 0.05) is 50.0 Å². The number of nitrogens with zero attached hydrogens (tertiary/aromatic N) is 2. The Hall–Kier alpha value is -2.95. The summed E-state index contributed by atoms with van der Waals surface area (Å²) in [5, 5.41) is 0. The van der Waals surface area contributed by atoms with E-state index in [0.29, 0.717) is 12.1 Å². The van der Waals surface area contributed by atoms with Crippen LogP contribution >= 0.6 is 0 Å². The van der Waals surface area contributed by atoms with Gasteiger partial charge in [0.05, 0.1) is 5.57 Å². The number of hydrogen-bond donors (Lipinski definition) is 0. The first kappa shape index (κ1) is 16.9. The van der Waals surface area contributed by atoms with Crippen molar-refractivity contribution >= 4 is 28.6 Å². The summed E-state index contributed by atoms with van der Waals surface area (Å²) in [6.45, 7) is 2.15. The lowest BCUT2D eigenvalue weighted by atomic mass is 9.97. The van der Waals surface area contributed by atoms with Gasteiger partial charge in [0.25, 0.3) is 0 Å². The van der Waals surface area contributed by atoms with E-state index in [1.54, 1.807) is 11.5 Å². The molecule has 0 amide bonds. The fourth-order valence-corrected chi connectivity index (χ4v) is 2.87. The SMILES string of the molecule is CC(=O)C[n+]1ccc(C2=C(c3ccc(N(C)C)cc3)COC2=O)cc1. The number of ether oxygens (including phenoxy) is 1. The Morgan fingerprint density at radius 2 is 1.72 bits per heavy atom. The topological polar surface area (TPSA) is 50.5 Å². The van der Waals surface area contributed by atoms with Gasteiger partial charge in [0.1, 0.15) is 6.61 Å². The molecule has 0 saturated carbocycles. The molecule has 0 saturated heterocycles.